The first-order valence-electron chi connectivity index (χ1n) is 4.52. The lowest BCUT2D eigenvalue weighted by Crippen LogP contribution is -2.15. The molecule has 0 aliphatic rings. The van der Waals surface area contributed by atoms with Crippen molar-refractivity contribution in [3.05, 3.63) is 29.3 Å². The maximum absolute atomic E-state index is 11.3. The van der Waals surface area contributed by atoms with Crippen LogP contribution in [0.25, 0.3) is 0 Å². The van der Waals surface area contributed by atoms with Crippen molar-refractivity contribution in [2.75, 3.05) is 10.5 Å². The molecule has 4 heteroatoms. The third kappa shape index (κ3) is 2.73. The molecule has 78 valence electrons. The molecule has 0 unspecified atom stereocenters. The van der Waals surface area contributed by atoms with Crippen molar-refractivity contribution in [2.24, 2.45) is 0 Å². The van der Waals surface area contributed by atoms with Gasteiger partial charge < -0.3 is 0 Å². The number of aryl methyl sites for hydroxylation is 2. The summed E-state index contributed by atoms with van der Waals surface area (Å²) >= 11 is 0. The molecule has 0 spiro atoms. The van der Waals surface area contributed by atoms with Crippen molar-refractivity contribution in [3.8, 4) is 0 Å². The van der Waals surface area contributed by atoms with Gasteiger partial charge >= 0.3 is 0 Å². The normalized spacial score (nSPS) is 11.4. The smallest absolute Gasteiger partial charge is 0.232 e. The Hall–Kier alpha value is -1.03. The molecule has 0 saturated heterocycles. The summed E-state index contributed by atoms with van der Waals surface area (Å²) in [6.45, 7) is 5.48. The first-order valence-corrected chi connectivity index (χ1v) is 6.17. The largest absolute Gasteiger partial charge is 0.283 e. The Labute approximate surface area is 85.2 Å². The van der Waals surface area contributed by atoms with Crippen LogP contribution in [0.2, 0.25) is 0 Å². The monoisotopic (exact) mass is 213 g/mol. The first kappa shape index (κ1) is 11.0. The number of rotatable bonds is 3. The average Bonchev–Trinajstić information content (AvgIpc) is 2.10. The van der Waals surface area contributed by atoms with Crippen molar-refractivity contribution in [1.82, 2.24) is 0 Å². The highest BCUT2D eigenvalue weighted by Crippen LogP contribution is 2.17. The Morgan fingerprint density at radius 2 is 1.93 bits per heavy atom. The first-order chi connectivity index (χ1) is 6.44. The van der Waals surface area contributed by atoms with Crippen LogP contribution in [-0.2, 0) is 10.0 Å². The molecule has 14 heavy (non-hydrogen) atoms. The van der Waals surface area contributed by atoms with Gasteiger partial charge in [-0.3, -0.25) is 4.72 Å². The summed E-state index contributed by atoms with van der Waals surface area (Å²) in [6, 6.07) is 5.63. The fourth-order valence-electron chi connectivity index (χ4n) is 1.17. The van der Waals surface area contributed by atoms with E-state index in [9.17, 15) is 8.42 Å². The molecule has 0 aliphatic heterocycles. The summed E-state index contributed by atoms with van der Waals surface area (Å²) in [6.07, 6.45) is 0. The van der Waals surface area contributed by atoms with Crippen molar-refractivity contribution in [3.63, 3.8) is 0 Å². The zero-order chi connectivity index (χ0) is 10.8. The topological polar surface area (TPSA) is 46.2 Å². The Kier molecular flexibility index (Phi) is 3.16. The molecule has 1 aromatic carbocycles. The SMILES string of the molecule is CCS(=O)(=O)Nc1ccc(C)cc1C. The number of sulfonamides is 1. The minimum absolute atomic E-state index is 0.0975. The highest BCUT2D eigenvalue weighted by molar-refractivity contribution is 7.92. The second kappa shape index (κ2) is 4.00. The van der Waals surface area contributed by atoms with Crippen molar-refractivity contribution >= 4 is 15.7 Å². The van der Waals surface area contributed by atoms with Gasteiger partial charge in [-0.1, -0.05) is 17.7 Å². The van der Waals surface area contributed by atoms with Crippen LogP contribution < -0.4 is 4.72 Å². The maximum atomic E-state index is 11.3. The van der Waals surface area contributed by atoms with E-state index >= 15 is 0 Å². The number of hydrogen-bond acceptors (Lipinski definition) is 2. The van der Waals surface area contributed by atoms with Gasteiger partial charge in [0.15, 0.2) is 0 Å². The molecule has 0 radical (unpaired) electrons. The van der Waals surface area contributed by atoms with E-state index in [0.717, 1.165) is 11.1 Å². The van der Waals surface area contributed by atoms with E-state index in [1.54, 1.807) is 13.0 Å². The quantitative estimate of drug-likeness (QED) is 0.835. The standard InChI is InChI=1S/C10H15NO2S/c1-4-14(12,13)11-10-6-5-8(2)7-9(10)3/h5-7,11H,4H2,1-3H3. The summed E-state index contributed by atoms with van der Waals surface area (Å²) in [5.41, 5.74) is 2.74. The molecule has 0 heterocycles. The van der Waals surface area contributed by atoms with E-state index in [2.05, 4.69) is 4.72 Å². The van der Waals surface area contributed by atoms with E-state index in [1.165, 1.54) is 0 Å². The molecule has 0 bridgehead atoms. The zero-order valence-corrected chi connectivity index (χ0v) is 9.48. The van der Waals surface area contributed by atoms with E-state index in [1.807, 2.05) is 26.0 Å². The minimum Gasteiger partial charge on any atom is -0.283 e. The summed E-state index contributed by atoms with van der Waals surface area (Å²) in [7, 11) is -3.16. The van der Waals surface area contributed by atoms with Crippen LogP contribution in [0, 0.1) is 13.8 Å². The fraction of sp³-hybridized carbons (Fsp3) is 0.400. The Balaban J connectivity index is 2.99. The minimum atomic E-state index is -3.16. The lowest BCUT2D eigenvalue weighted by Gasteiger charge is -2.09. The van der Waals surface area contributed by atoms with E-state index < -0.39 is 10.0 Å². The van der Waals surface area contributed by atoms with Gasteiger partial charge in [0.05, 0.1) is 11.4 Å². The molecule has 0 atom stereocenters. The second-order valence-electron chi connectivity index (χ2n) is 3.32. The number of nitrogens with one attached hydrogen (secondary N) is 1. The molecule has 3 nitrogen and oxygen atoms in total. The number of hydrogen-bond donors (Lipinski definition) is 1. The number of benzene rings is 1. The highest BCUT2D eigenvalue weighted by atomic mass is 32.2. The molecule has 1 N–H and O–H groups in total. The van der Waals surface area contributed by atoms with Gasteiger partial charge in [0.2, 0.25) is 10.0 Å². The van der Waals surface area contributed by atoms with E-state index in [0.29, 0.717) is 5.69 Å². The Morgan fingerprint density at radius 1 is 1.29 bits per heavy atom. The molecule has 0 amide bonds. The third-order valence-electron chi connectivity index (χ3n) is 2.03. The van der Waals surface area contributed by atoms with Crippen LogP contribution in [0.3, 0.4) is 0 Å². The van der Waals surface area contributed by atoms with Crippen LogP contribution in [0.1, 0.15) is 18.1 Å². The third-order valence-corrected chi connectivity index (χ3v) is 3.32. The average molecular weight is 213 g/mol. The molecular weight excluding hydrogens is 198 g/mol. The molecule has 0 aliphatic carbocycles. The van der Waals surface area contributed by atoms with Crippen molar-refractivity contribution < 1.29 is 8.42 Å². The predicted molar refractivity (Wildman–Crippen MR) is 59.0 cm³/mol. The summed E-state index contributed by atoms with van der Waals surface area (Å²) in [5, 5.41) is 0. The van der Waals surface area contributed by atoms with Gasteiger partial charge in [0.1, 0.15) is 0 Å². The van der Waals surface area contributed by atoms with Gasteiger partial charge in [-0.15, -0.1) is 0 Å². The van der Waals surface area contributed by atoms with Gasteiger partial charge in [-0.25, -0.2) is 8.42 Å². The molecule has 1 aromatic rings. The van der Waals surface area contributed by atoms with Crippen molar-refractivity contribution in [1.29, 1.82) is 0 Å². The van der Waals surface area contributed by atoms with E-state index in [4.69, 9.17) is 0 Å². The van der Waals surface area contributed by atoms with Gasteiger partial charge in [-0.2, -0.15) is 0 Å². The molecule has 1 rings (SSSR count). The molecular formula is C10H15NO2S. The van der Waals surface area contributed by atoms with Crippen LogP contribution >= 0.6 is 0 Å². The van der Waals surface area contributed by atoms with Gasteiger partial charge in [0, 0.05) is 0 Å². The zero-order valence-electron chi connectivity index (χ0n) is 8.66. The summed E-state index contributed by atoms with van der Waals surface area (Å²) in [4.78, 5) is 0. The summed E-state index contributed by atoms with van der Waals surface area (Å²) < 4.78 is 25.1. The van der Waals surface area contributed by atoms with Crippen molar-refractivity contribution in [2.45, 2.75) is 20.8 Å². The van der Waals surface area contributed by atoms with Gasteiger partial charge in [-0.05, 0) is 32.4 Å². The molecule has 0 saturated carbocycles. The predicted octanol–water partition coefficient (Wildman–Crippen LogP) is 2.07. The maximum Gasteiger partial charge on any atom is 0.232 e. The lowest BCUT2D eigenvalue weighted by atomic mass is 10.1. The lowest BCUT2D eigenvalue weighted by molar-refractivity contribution is 0.602. The van der Waals surface area contributed by atoms with Crippen LogP contribution in [0.5, 0.6) is 0 Å². The van der Waals surface area contributed by atoms with Crippen LogP contribution in [-0.4, -0.2) is 14.2 Å². The van der Waals surface area contributed by atoms with Gasteiger partial charge in [0.25, 0.3) is 0 Å². The Morgan fingerprint density at radius 3 is 2.43 bits per heavy atom. The van der Waals surface area contributed by atoms with E-state index in [-0.39, 0.29) is 5.75 Å². The summed E-state index contributed by atoms with van der Waals surface area (Å²) in [5.74, 6) is 0.0975. The Bertz CT molecular complexity index is 424. The molecule has 0 aromatic heterocycles. The highest BCUT2D eigenvalue weighted by Gasteiger charge is 2.07. The second-order valence-corrected chi connectivity index (χ2v) is 5.33. The fourth-order valence-corrected chi connectivity index (χ4v) is 1.88. The number of anilines is 1. The van der Waals surface area contributed by atoms with Crippen LogP contribution in [0.15, 0.2) is 18.2 Å². The molecule has 0 fully saturated rings. The van der Waals surface area contributed by atoms with Crippen LogP contribution in [0.4, 0.5) is 5.69 Å².